The van der Waals surface area contributed by atoms with E-state index in [4.69, 9.17) is 10.1 Å². The van der Waals surface area contributed by atoms with E-state index in [-0.39, 0.29) is 46.4 Å². The molecule has 12 heteroatoms. The highest BCUT2D eigenvalue weighted by Crippen LogP contribution is 2.26. The van der Waals surface area contributed by atoms with Crippen LogP contribution in [0.15, 0.2) is 30.6 Å². The first-order valence-electron chi connectivity index (χ1n) is 11.1. The summed E-state index contributed by atoms with van der Waals surface area (Å²) < 4.78 is 33.6. The molecule has 0 spiro atoms. The van der Waals surface area contributed by atoms with E-state index in [2.05, 4.69) is 20.6 Å². The Balaban J connectivity index is 1.64. The molecule has 1 fully saturated rings. The van der Waals surface area contributed by atoms with Gasteiger partial charge >= 0.3 is 0 Å². The summed E-state index contributed by atoms with van der Waals surface area (Å²) in [4.78, 5) is 21.8. The third-order valence-electron chi connectivity index (χ3n) is 6.18. The maximum atomic E-state index is 13.6. The molecular weight excluding hydrogens is 478 g/mol. The van der Waals surface area contributed by atoms with Crippen molar-refractivity contribution in [3.05, 3.63) is 53.2 Å². The minimum atomic E-state index is -0.764. The summed E-state index contributed by atoms with van der Waals surface area (Å²) in [5, 5.41) is 24.9. The third kappa shape index (κ3) is 5.14. The number of fused-ring (bicyclic) bond motifs is 1. The van der Waals surface area contributed by atoms with E-state index in [1.54, 1.807) is 14.0 Å². The molecule has 1 saturated heterocycles. The summed E-state index contributed by atoms with van der Waals surface area (Å²) >= 11 is -0.132. The number of rotatable bonds is 8. The van der Waals surface area contributed by atoms with Gasteiger partial charge in [-0.1, -0.05) is 0 Å². The maximum absolute atomic E-state index is 13.6. The predicted octanol–water partition coefficient (Wildman–Crippen LogP) is 3.31. The molecule has 1 unspecified atom stereocenters. The van der Waals surface area contributed by atoms with Crippen LogP contribution in [0.3, 0.4) is 0 Å². The normalized spacial score (nSPS) is 16.1. The monoisotopic (exact) mass is 504 g/mol. The Bertz CT molecular complexity index is 1250. The molecule has 0 radical (unpaired) electrons. The standard InChI is InChI=1S/C23H26F2N6O3S/c1-12(21(32)13-5-7-34-8-6-13)29-23(33)16-11-31(35-25)22-20(16)30-18(10-28-22)19(26)15-4-3-14(24)9-17(15)27-2/h3-4,9-13,21,26-27,32H,5-8H2,1-2H3,(H,29,33)/t12-,21?/m1/s1. The van der Waals surface area contributed by atoms with Crippen LogP contribution in [0.25, 0.3) is 11.2 Å². The minimum absolute atomic E-state index is 0.00531. The van der Waals surface area contributed by atoms with Crippen molar-refractivity contribution in [1.82, 2.24) is 19.3 Å². The molecule has 35 heavy (non-hydrogen) atoms. The van der Waals surface area contributed by atoms with Crippen LogP contribution in [0.1, 0.15) is 41.4 Å². The van der Waals surface area contributed by atoms with Gasteiger partial charge in [0.15, 0.2) is 18.0 Å². The van der Waals surface area contributed by atoms with Gasteiger partial charge in [0.1, 0.15) is 17.0 Å². The SMILES string of the molecule is CNc1cc(F)ccc1C(=N)c1cnc2c(n1)c(C(=O)N[C@H](C)C(O)C1CCOCC1)cn2SF. The fraction of sp³-hybridized carbons (Fsp3) is 0.391. The molecule has 2 aromatic heterocycles. The molecular formula is C23H26F2N6O3S. The minimum Gasteiger partial charge on any atom is -0.391 e. The number of nitrogens with one attached hydrogen (secondary N) is 3. The second kappa shape index (κ2) is 10.7. The highest BCUT2D eigenvalue weighted by Gasteiger charge is 2.29. The number of hydrogen-bond acceptors (Lipinski definition) is 8. The second-order valence-corrected chi connectivity index (χ2v) is 8.91. The van der Waals surface area contributed by atoms with Crippen molar-refractivity contribution in [3.63, 3.8) is 0 Å². The van der Waals surface area contributed by atoms with Gasteiger partial charge in [-0.25, -0.2) is 18.3 Å². The van der Waals surface area contributed by atoms with Crippen molar-refractivity contribution in [3.8, 4) is 0 Å². The quantitative estimate of drug-likeness (QED) is 0.347. The molecule has 1 amide bonds. The van der Waals surface area contributed by atoms with E-state index in [0.717, 1.165) is 3.97 Å². The molecule has 0 aliphatic carbocycles. The first kappa shape index (κ1) is 25.0. The lowest BCUT2D eigenvalue weighted by Gasteiger charge is -2.30. The molecule has 1 aliphatic heterocycles. The van der Waals surface area contributed by atoms with Gasteiger partial charge in [0.2, 0.25) is 0 Å². The fourth-order valence-electron chi connectivity index (χ4n) is 4.22. The molecule has 4 N–H and O–H groups in total. The largest absolute Gasteiger partial charge is 0.391 e. The second-order valence-electron chi connectivity index (χ2n) is 8.38. The Hall–Kier alpha value is -3.09. The van der Waals surface area contributed by atoms with Crippen molar-refractivity contribution < 1.29 is 22.9 Å². The van der Waals surface area contributed by atoms with E-state index in [1.807, 2.05) is 0 Å². The summed E-state index contributed by atoms with van der Waals surface area (Å²) in [7, 11) is 1.61. The van der Waals surface area contributed by atoms with Crippen molar-refractivity contribution >= 4 is 40.8 Å². The molecule has 186 valence electrons. The topological polar surface area (TPSA) is 125 Å². The van der Waals surface area contributed by atoms with Gasteiger partial charge in [-0.2, -0.15) is 0 Å². The zero-order valence-corrected chi connectivity index (χ0v) is 20.0. The number of carbonyl (C=O) groups excluding carboxylic acids is 1. The number of ether oxygens (including phenoxy) is 1. The van der Waals surface area contributed by atoms with Crippen molar-refractivity contribution in [2.75, 3.05) is 25.6 Å². The average molecular weight is 505 g/mol. The number of anilines is 1. The first-order chi connectivity index (χ1) is 16.8. The zero-order chi connectivity index (χ0) is 25.1. The van der Waals surface area contributed by atoms with Crippen LogP contribution in [0, 0.1) is 17.1 Å². The summed E-state index contributed by atoms with van der Waals surface area (Å²) in [5.41, 5.74) is 1.15. The Kier molecular flexibility index (Phi) is 7.63. The molecule has 0 saturated carbocycles. The molecule has 9 nitrogen and oxygen atoms in total. The molecule has 1 aromatic carbocycles. The average Bonchev–Trinajstić information content (AvgIpc) is 3.26. The van der Waals surface area contributed by atoms with Gasteiger partial charge in [-0.3, -0.25) is 10.2 Å². The lowest BCUT2D eigenvalue weighted by atomic mass is 9.90. The Morgan fingerprint density at radius 3 is 2.77 bits per heavy atom. The predicted molar refractivity (Wildman–Crippen MR) is 130 cm³/mol. The van der Waals surface area contributed by atoms with E-state index in [9.17, 15) is 18.2 Å². The Labute approximate surface area is 205 Å². The Morgan fingerprint density at radius 1 is 1.34 bits per heavy atom. The molecule has 3 aromatic rings. The number of aromatic nitrogens is 3. The van der Waals surface area contributed by atoms with Gasteiger partial charge < -0.3 is 20.5 Å². The summed E-state index contributed by atoms with van der Waals surface area (Å²) in [6.07, 6.45) is 3.23. The van der Waals surface area contributed by atoms with Crippen LogP contribution in [-0.2, 0) is 4.74 Å². The van der Waals surface area contributed by atoms with Gasteiger partial charge in [0.05, 0.1) is 29.6 Å². The highest BCUT2D eigenvalue weighted by molar-refractivity contribution is 7.92. The number of carbonyl (C=O) groups is 1. The van der Waals surface area contributed by atoms with E-state index in [1.165, 1.54) is 30.6 Å². The number of amides is 1. The van der Waals surface area contributed by atoms with Gasteiger partial charge in [0, 0.05) is 37.7 Å². The van der Waals surface area contributed by atoms with Crippen molar-refractivity contribution in [1.29, 1.82) is 5.41 Å². The number of halogens is 2. The van der Waals surface area contributed by atoms with Crippen LogP contribution in [0.4, 0.5) is 14.0 Å². The van der Waals surface area contributed by atoms with E-state index < -0.39 is 23.9 Å². The fourth-order valence-corrected chi connectivity index (χ4v) is 4.56. The van der Waals surface area contributed by atoms with Gasteiger partial charge in [-0.05, 0) is 43.9 Å². The number of hydrogen-bond donors (Lipinski definition) is 4. The summed E-state index contributed by atoms with van der Waals surface area (Å²) in [6.45, 7) is 2.84. The lowest BCUT2D eigenvalue weighted by Crippen LogP contribution is -2.45. The van der Waals surface area contributed by atoms with Crippen LogP contribution in [0.5, 0.6) is 0 Å². The maximum Gasteiger partial charge on any atom is 0.255 e. The van der Waals surface area contributed by atoms with E-state index in [0.29, 0.717) is 37.3 Å². The highest BCUT2D eigenvalue weighted by atomic mass is 32.2. The Morgan fingerprint density at radius 2 is 2.09 bits per heavy atom. The smallest absolute Gasteiger partial charge is 0.255 e. The van der Waals surface area contributed by atoms with Crippen molar-refractivity contribution in [2.24, 2.45) is 5.92 Å². The zero-order valence-electron chi connectivity index (χ0n) is 19.2. The van der Waals surface area contributed by atoms with Gasteiger partial charge in [0.25, 0.3) is 5.91 Å². The van der Waals surface area contributed by atoms with Crippen LogP contribution in [-0.4, -0.2) is 63.1 Å². The van der Waals surface area contributed by atoms with Gasteiger partial charge in [-0.15, -0.1) is 3.89 Å². The number of aliphatic hydroxyl groups is 1. The molecule has 2 atom stereocenters. The molecule has 0 bridgehead atoms. The molecule has 4 rings (SSSR count). The lowest BCUT2D eigenvalue weighted by molar-refractivity contribution is -0.00424. The van der Waals surface area contributed by atoms with Crippen LogP contribution >= 0.6 is 12.3 Å². The molecule has 1 aliphatic rings. The summed E-state index contributed by atoms with van der Waals surface area (Å²) in [6, 6.07) is 3.38. The molecule has 3 heterocycles. The van der Waals surface area contributed by atoms with Crippen LogP contribution in [0.2, 0.25) is 0 Å². The number of aliphatic hydroxyl groups excluding tert-OH is 1. The summed E-state index contributed by atoms with van der Waals surface area (Å²) in [5.74, 6) is -0.997. The van der Waals surface area contributed by atoms with Crippen LogP contribution < -0.4 is 10.6 Å². The van der Waals surface area contributed by atoms with Crippen molar-refractivity contribution in [2.45, 2.75) is 31.9 Å². The first-order valence-corrected chi connectivity index (χ1v) is 11.8. The number of nitrogens with zero attached hydrogens (tertiary/aromatic N) is 3. The third-order valence-corrected chi connectivity index (χ3v) is 6.61. The van der Waals surface area contributed by atoms with E-state index >= 15 is 0 Å². The number of benzene rings is 1.